The lowest BCUT2D eigenvalue weighted by Gasteiger charge is -2.28. The summed E-state index contributed by atoms with van der Waals surface area (Å²) in [4.78, 5) is 17.9. The van der Waals surface area contributed by atoms with Crippen molar-refractivity contribution in [3.05, 3.63) is 53.9 Å². The van der Waals surface area contributed by atoms with Crippen LogP contribution in [0.25, 0.3) is 0 Å². The van der Waals surface area contributed by atoms with E-state index >= 15 is 0 Å². The molecular weight excluding hydrogens is 278 g/mol. The Labute approximate surface area is 129 Å². The van der Waals surface area contributed by atoms with Gasteiger partial charge in [-0.2, -0.15) is 0 Å². The molecule has 2 heterocycles. The molecular formula is C17H19N3O2. The number of nitrogens with two attached hydrogens (primary N) is 1. The van der Waals surface area contributed by atoms with Gasteiger partial charge in [0, 0.05) is 18.9 Å². The number of ether oxygens (including phenoxy) is 1. The number of carbonyl (C=O) groups is 1. The molecule has 0 radical (unpaired) electrons. The molecule has 0 aliphatic carbocycles. The first kappa shape index (κ1) is 14.4. The molecule has 1 aromatic heterocycles. The van der Waals surface area contributed by atoms with E-state index in [-0.39, 0.29) is 6.04 Å². The van der Waals surface area contributed by atoms with E-state index in [0.29, 0.717) is 5.56 Å². The second-order valence-electron chi connectivity index (χ2n) is 5.38. The van der Waals surface area contributed by atoms with Crippen LogP contribution >= 0.6 is 0 Å². The molecule has 2 aromatic rings. The average molecular weight is 297 g/mol. The van der Waals surface area contributed by atoms with Crippen LogP contribution in [0.1, 0.15) is 34.8 Å². The lowest BCUT2D eigenvalue weighted by atomic mass is 10.0. The highest BCUT2D eigenvalue weighted by Gasteiger charge is 2.28. The van der Waals surface area contributed by atoms with E-state index in [1.807, 2.05) is 18.2 Å². The average Bonchev–Trinajstić information content (AvgIpc) is 3.04. The maximum absolute atomic E-state index is 11.6. The second kappa shape index (κ2) is 6.05. The first-order chi connectivity index (χ1) is 10.7. The lowest BCUT2D eigenvalue weighted by molar-refractivity contribution is 0.100. The topological polar surface area (TPSA) is 68.4 Å². The zero-order valence-corrected chi connectivity index (χ0v) is 12.5. The summed E-state index contributed by atoms with van der Waals surface area (Å²) in [5.74, 6) is 0.401. The summed E-state index contributed by atoms with van der Waals surface area (Å²) < 4.78 is 5.21. The van der Waals surface area contributed by atoms with Crippen molar-refractivity contribution in [2.24, 2.45) is 5.73 Å². The smallest absolute Gasteiger partial charge is 0.252 e. The van der Waals surface area contributed by atoms with Crippen LogP contribution in [0.2, 0.25) is 0 Å². The molecule has 5 nitrogen and oxygen atoms in total. The van der Waals surface area contributed by atoms with Crippen LogP contribution in [0.4, 0.5) is 5.69 Å². The number of methoxy groups -OCH3 is 1. The molecule has 114 valence electrons. The van der Waals surface area contributed by atoms with Crippen molar-refractivity contribution in [3.63, 3.8) is 0 Å². The minimum absolute atomic E-state index is 0.242. The van der Waals surface area contributed by atoms with Gasteiger partial charge in [-0.15, -0.1) is 0 Å². The van der Waals surface area contributed by atoms with Gasteiger partial charge in [0.2, 0.25) is 0 Å². The molecule has 1 saturated heterocycles. The Kier molecular flexibility index (Phi) is 3.96. The van der Waals surface area contributed by atoms with Crippen LogP contribution < -0.4 is 15.4 Å². The van der Waals surface area contributed by atoms with E-state index in [9.17, 15) is 4.79 Å². The third-order valence-electron chi connectivity index (χ3n) is 4.13. The Hall–Kier alpha value is -2.56. The van der Waals surface area contributed by atoms with Crippen LogP contribution in [0, 0.1) is 0 Å². The van der Waals surface area contributed by atoms with Crippen molar-refractivity contribution in [3.8, 4) is 5.75 Å². The maximum atomic E-state index is 11.6. The zero-order chi connectivity index (χ0) is 15.5. The SMILES string of the molecule is COc1ccc([C@@H]2CCCN2c2ccncc2C(N)=O)cc1. The molecule has 0 saturated carbocycles. The van der Waals surface area contributed by atoms with Crippen LogP contribution in [0.3, 0.4) is 0 Å². The highest BCUT2D eigenvalue weighted by atomic mass is 16.5. The van der Waals surface area contributed by atoms with Crippen molar-refractivity contribution in [2.45, 2.75) is 18.9 Å². The summed E-state index contributed by atoms with van der Waals surface area (Å²) in [6.07, 6.45) is 5.37. The fraction of sp³-hybridized carbons (Fsp3) is 0.294. The number of aromatic nitrogens is 1. The Morgan fingerprint density at radius 1 is 1.32 bits per heavy atom. The molecule has 0 bridgehead atoms. The Balaban J connectivity index is 1.94. The Morgan fingerprint density at radius 3 is 2.77 bits per heavy atom. The number of amides is 1. The fourth-order valence-corrected chi connectivity index (χ4v) is 3.06. The molecule has 1 fully saturated rings. The molecule has 0 spiro atoms. The number of hydrogen-bond donors (Lipinski definition) is 1. The lowest BCUT2D eigenvalue weighted by Crippen LogP contribution is -2.26. The highest BCUT2D eigenvalue weighted by Crippen LogP contribution is 2.37. The number of benzene rings is 1. The molecule has 0 unspecified atom stereocenters. The predicted molar refractivity (Wildman–Crippen MR) is 85.1 cm³/mol. The molecule has 1 aliphatic heterocycles. The summed E-state index contributed by atoms with van der Waals surface area (Å²) in [6, 6.07) is 10.2. The number of hydrogen-bond acceptors (Lipinski definition) is 4. The minimum Gasteiger partial charge on any atom is -0.497 e. The molecule has 3 rings (SSSR count). The van der Waals surface area contributed by atoms with Gasteiger partial charge in [0.25, 0.3) is 5.91 Å². The second-order valence-corrected chi connectivity index (χ2v) is 5.38. The molecule has 2 N–H and O–H groups in total. The van der Waals surface area contributed by atoms with Gasteiger partial charge in [0.1, 0.15) is 5.75 Å². The van der Waals surface area contributed by atoms with Crippen molar-refractivity contribution >= 4 is 11.6 Å². The fourth-order valence-electron chi connectivity index (χ4n) is 3.06. The zero-order valence-electron chi connectivity index (χ0n) is 12.5. The van der Waals surface area contributed by atoms with Gasteiger partial charge in [-0.05, 0) is 36.6 Å². The normalized spacial score (nSPS) is 17.5. The van der Waals surface area contributed by atoms with E-state index in [4.69, 9.17) is 10.5 Å². The monoisotopic (exact) mass is 297 g/mol. The maximum Gasteiger partial charge on any atom is 0.252 e. The quantitative estimate of drug-likeness (QED) is 0.941. The van der Waals surface area contributed by atoms with Crippen LogP contribution in [0.5, 0.6) is 5.75 Å². The van der Waals surface area contributed by atoms with E-state index < -0.39 is 5.91 Å². The van der Waals surface area contributed by atoms with Crippen molar-refractivity contribution < 1.29 is 9.53 Å². The van der Waals surface area contributed by atoms with Crippen molar-refractivity contribution in [2.75, 3.05) is 18.6 Å². The summed E-state index contributed by atoms with van der Waals surface area (Å²) in [5.41, 5.74) is 8.03. The first-order valence-corrected chi connectivity index (χ1v) is 7.35. The number of nitrogens with zero attached hydrogens (tertiary/aromatic N) is 2. The van der Waals surface area contributed by atoms with Crippen LogP contribution in [0.15, 0.2) is 42.7 Å². The summed E-state index contributed by atoms with van der Waals surface area (Å²) in [7, 11) is 1.66. The molecule has 22 heavy (non-hydrogen) atoms. The van der Waals surface area contributed by atoms with Gasteiger partial charge >= 0.3 is 0 Å². The van der Waals surface area contributed by atoms with E-state index in [0.717, 1.165) is 30.8 Å². The molecule has 5 heteroatoms. The molecule has 1 aromatic carbocycles. The third-order valence-corrected chi connectivity index (χ3v) is 4.13. The number of anilines is 1. The van der Waals surface area contributed by atoms with Crippen LogP contribution in [-0.2, 0) is 0 Å². The van der Waals surface area contributed by atoms with Gasteiger partial charge in [-0.25, -0.2) is 0 Å². The third kappa shape index (κ3) is 2.62. The minimum atomic E-state index is -0.441. The molecule has 1 amide bonds. The van der Waals surface area contributed by atoms with E-state index in [1.54, 1.807) is 19.5 Å². The van der Waals surface area contributed by atoms with E-state index in [1.165, 1.54) is 5.56 Å². The number of pyridine rings is 1. The van der Waals surface area contributed by atoms with Gasteiger partial charge in [-0.1, -0.05) is 12.1 Å². The standard InChI is InChI=1S/C17H19N3O2/c1-22-13-6-4-12(5-7-13)15-3-2-10-20(15)16-8-9-19-11-14(16)17(18)21/h4-9,11,15H,2-3,10H2,1H3,(H2,18,21)/t15-/m0/s1. The highest BCUT2D eigenvalue weighted by molar-refractivity contribution is 5.98. The van der Waals surface area contributed by atoms with E-state index in [2.05, 4.69) is 22.0 Å². The van der Waals surface area contributed by atoms with Gasteiger partial charge in [0.15, 0.2) is 0 Å². The number of rotatable bonds is 4. The molecule has 1 atom stereocenters. The van der Waals surface area contributed by atoms with Crippen molar-refractivity contribution in [1.82, 2.24) is 4.98 Å². The summed E-state index contributed by atoms with van der Waals surface area (Å²) in [6.45, 7) is 0.904. The van der Waals surface area contributed by atoms with Crippen molar-refractivity contribution in [1.29, 1.82) is 0 Å². The van der Waals surface area contributed by atoms with Gasteiger partial charge in [0.05, 0.1) is 24.4 Å². The van der Waals surface area contributed by atoms with Crippen LogP contribution in [-0.4, -0.2) is 24.5 Å². The van der Waals surface area contributed by atoms with Gasteiger partial charge < -0.3 is 15.4 Å². The Bertz CT molecular complexity index is 670. The predicted octanol–water partition coefficient (Wildman–Crippen LogP) is 2.53. The van der Waals surface area contributed by atoms with Gasteiger partial charge in [-0.3, -0.25) is 9.78 Å². The first-order valence-electron chi connectivity index (χ1n) is 7.35. The molecule has 1 aliphatic rings. The summed E-state index contributed by atoms with van der Waals surface area (Å²) in [5, 5.41) is 0. The number of primary amides is 1. The number of carbonyl (C=O) groups excluding carboxylic acids is 1. The Morgan fingerprint density at radius 2 is 2.09 bits per heavy atom. The largest absolute Gasteiger partial charge is 0.497 e. The summed E-state index contributed by atoms with van der Waals surface area (Å²) >= 11 is 0.